The maximum absolute atomic E-state index is 6.90. The van der Waals surface area contributed by atoms with Crippen molar-refractivity contribution >= 4 is 22.4 Å². The van der Waals surface area contributed by atoms with E-state index in [4.69, 9.17) is 21.4 Å². The Balaban J connectivity index is 1.32. The summed E-state index contributed by atoms with van der Waals surface area (Å²) in [7, 11) is 0. The van der Waals surface area contributed by atoms with E-state index in [-0.39, 0.29) is 0 Å². The molecule has 0 saturated carbocycles. The summed E-state index contributed by atoms with van der Waals surface area (Å²) in [6.45, 7) is 6.29. The standard InChI is InChI=1S/C48H43N5/c1-3-19-42-40(4-2)41-28-14-15-29-43(41)48(42,36-22-10-6-11-23-36)37(34-49)24-18-25-38(33-32-35-20-8-5-9-21-35)51-46(50)47-52-44-30-16-17-31-45(44)53(47)39-26-12-7-13-27-39/h3-24,26-31,33-34H,2,25,32,49H2,1H3,(H2,50,51)/b19-3-,24-18-,37-34+,38-33-. The number of benzene rings is 5. The lowest BCUT2D eigenvalue weighted by Crippen LogP contribution is -2.30. The van der Waals surface area contributed by atoms with E-state index < -0.39 is 5.41 Å². The molecule has 7 rings (SSSR count). The minimum absolute atomic E-state index is 0.340. The quantitative estimate of drug-likeness (QED) is 0.0762. The number of nitrogens with two attached hydrogens (primary N) is 2. The molecular formula is C48H43N5. The maximum atomic E-state index is 6.90. The van der Waals surface area contributed by atoms with Gasteiger partial charge in [0.2, 0.25) is 0 Å². The van der Waals surface area contributed by atoms with Crippen molar-refractivity contribution in [3.8, 4) is 5.69 Å². The Bertz CT molecular complexity index is 2430. The van der Waals surface area contributed by atoms with Gasteiger partial charge in [-0.1, -0.05) is 158 Å². The highest BCUT2D eigenvalue weighted by atomic mass is 15.1. The summed E-state index contributed by atoms with van der Waals surface area (Å²) in [4.78, 5) is 10.0. The van der Waals surface area contributed by atoms with Crippen molar-refractivity contribution < 1.29 is 0 Å². The molecule has 6 aromatic rings. The van der Waals surface area contributed by atoms with Crippen molar-refractivity contribution in [2.45, 2.75) is 25.2 Å². The van der Waals surface area contributed by atoms with Crippen molar-refractivity contribution in [1.82, 2.24) is 9.55 Å². The average molecular weight is 690 g/mol. The molecule has 1 atom stereocenters. The van der Waals surface area contributed by atoms with Gasteiger partial charge >= 0.3 is 0 Å². The number of imidazole rings is 1. The number of aromatic nitrogens is 2. The number of nitrogens with zero attached hydrogens (tertiary/aromatic N) is 3. The number of allylic oxidation sites excluding steroid dienone is 9. The van der Waals surface area contributed by atoms with Crippen LogP contribution in [-0.4, -0.2) is 15.4 Å². The van der Waals surface area contributed by atoms with E-state index in [0.29, 0.717) is 24.5 Å². The van der Waals surface area contributed by atoms with Gasteiger partial charge in [0.1, 0.15) is 0 Å². The molecule has 5 heteroatoms. The molecule has 1 aromatic heterocycles. The fourth-order valence-electron chi connectivity index (χ4n) is 7.49. The van der Waals surface area contributed by atoms with Gasteiger partial charge in [0.05, 0.1) is 16.4 Å². The van der Waals surface area contributed by atoms with Gasteiger partial charge in [-0.2, -0.15) is 0 Å². The van der Waals surface area contributed by atoms with Crippen LogP contribution in [0.15, 0.2) is 211 Å². The summed E-state index contributed by atoms with van der Waals surface area (Å²) in [6, 6.07) is 47.7. The molecule has 0 aliphatic heterocycles. The number of aliphatic imine (C=N–C) groups is 1. The summed E-state index contributed by atoms with van der Waals surface area (Å²) in [5, 5.41) is 0. The molecule has 0 radical (unpaired) electrons. The summed E-state index contributed by atoms with van der Waals surface area (Å²) < 4.78 is 2.07. The fraction of sp³-hybridized carbons (Fsp3) is 0.0833. The van der Waals surface area contributed by atoms with Gasteiger partial charge in [-0.25, -0.2) is 9.98 Å². The van der Waals surface area contributed by atoms with Crippen LogP contribution >= 0.6 is 0 Å². The monoisotopic (exact) mass is 689 g/mol. The molecule has 1 aliphatic carbocycles. The topological polar surface area (TPSA) is 82.2 Å². The van der Waals surface area contributed by atoms with E-state index in [9.17, 15) is 0 Å². The second-order valence-electron chi connectivity index (χ2n) is 12.9. The fourth-order valence-corrected chi connectivity index (χ4v) is 7.49. The van der Waals surface area contributed by atoms with Crippen LogP contribution in [0.25, 0.3) is 22.3 Å². The molecule has 5 nitrogen and oxygen atoms in total. The molecule has 260 valence electrons. The van der Waals surface area contributed by atoms with Gasteiger partial charge in [-0.05, 0) is 82.8 Å². The van der Waals surface area contributed by atoms with Crippen LogP contribution in [0.3, 0.4) is 0 Å². The third-order valence-electron chi connectivity index (χ3n) is 9.78. The van der Waals surface area contributed by atoms with E-state index in [0.717, 1.165) is 55.8 Å². The summed E-state index contributed by atoms with van der Waals surface area (Å²) in [6.07, 6.45) is 15.6. The average Bonchev–Trinajstić information content (AvgIpc) is 3.74. The molecule has 0 amide bonds. The molecule has 0 fully saturated rings. The summed E-state index contributed by atoms with van der Waals surface area (Å²) in [5.74, 6) is 0.935. The highest BCUT2D eigenvalue weighted by Gasteiger charge is 2.46. The first kappa shape index (κ1) is 34.7. The molecule has 1 aliphatic rings. The number of fused-ring (bicyclic) bond motifs is 2. The third kappa shape index (κ3) is 6.61. The lowest BCUT2D eigenvalue weighted by molar-refractivity contribution is 0.756. The van der Waals surface area contributed by atoms with E-state index in [1.54, 1.807) is 6.20 Å². The molecule has 53 heavy (non-hydrogen) atoms. The molecule has 5 aromatic carbocycles. The summed E-state index contributed by atoms with van der Waals surface area (Å²) in [5.41, 5.74) is 24.3. The van der Waals surface area contributed by atoms with Gasteiger partial charge < -0.3 is 11.5 Å². The smallest absolute Gasteiger partial charge is 0.181 e. The van der Waals surface area contributed by atoms with Crippen molar-refractivity contribution in [3.63, 3.8) is 0 Å². The van der Waals surface area contributed by atoms with Gasteiger partial charge in [-0.3, -0.25) is 4.57 Å². The van der Waals surface area contributed by atoms with Crippen molar-refractivity contribution in [3.05, 3.63) is 234 Å². The summed E-state index contributed by atoms with van der Waals surface area (Å²) >= 11 is 0. The largest absolute Gasteiger partial charge is 0.404 e. The number of para-hydroxylation sites is 3. The number of hydrogen-bond donors (Lipinski definition) is 2. The SMILES string of the molecule is C=CC1=C(/C=C\C)C(C(/C=C\C/C(=C/Cc2ccccc2)N=C(N)c2nc3ccccc3n2-c2ccccc2)=C/N)(c2ccccc2)c2ccccc21. The first-order valence-electron chi connectivity index (χ1n) is 17.9. The predicted octanol–water partition coefficient (Wildman–Crippen LogP) is 10.2. The van der Waals surface area contributed by atoms with Crippen molar-refractivity contribution in [2.24, 2.45) is 16.5 Å². The van der Waals surface area contributed by atoms with Crippen LogP contribution in [0, 0.1) is 0 Å². The zero-order valence-electron chi connectivity index (χ0n) is 29.9. The molecule has 0 saturated heterocycles. The molecule has 1 heterocycles. The number of amidine groups is 1. The van der Waals surface area contributed by atoms with Crippen molar-refractivity contribution in [2.75, 3.05) is 0 Å². The van der Waals surface area contributed by atoms with E-state index in [1.165, 1.54) is 5.56 Å². The molecular weight excluding hydrogens is 647 g/mol. The Labute approximate surface area is 312 Å². The highest BCUT2D eigenvalue weighted by Crippen LogP contribution is 2.55. The van der Waals surface area contributed by atoms with E-state index >= 15 is 0 Å². The zero-order chi connectivity index (χ0) is 36.6. The minimum atomic E-state index is -0.657. The Hall–Kier alpha value is -6.72. The Morgan fingerprint density at radius 3 is 2.21 bits per heavy atom. The van der Waals surface area contributed by atoms with E-state index in [2.05, 4.69) is 133 Å². The van der Waals surface area contributed by atoms with Gasteiger partial charge in [-0.15, -0.1) is 0 Å². The predicted molar refractivity (Wildman–Crippen MR) is 222 cm³/mol. The zero-order valence-corrected chi connectivity index (χ0v) is 29.9. The van der Waals surface area contributed by atoms with Gasteiger partial charge in [0.25, 0.3) is 0 Å². The Morgan fingerprint density at radius 2 is 1.49 bits per heavy atom. The minimum Gasteiger partial charge on any atom is -0.404 e. The van der Waals surface area contributed by atoms with Crippen molar-refractivity contribution in [1.29, 1.82) is 0 Å². The number of rotatable bonds is 12. The number of hydrogen-bond acceptors (Lipinski definition) is 3. The van der Waals surface area contributed by atoms with Gasteiger partial charge in [0, 0.05) is 17.8 Å². The molecule has 0 spiro atoms. The van der Waals surface area contributed by atoms with Crippen LogP contribution in [0.1, 0.15) is 41.4 Å². The molecule has 4 N–H and O–H groups in total. The lowest BCUT2D eigenvalue weighted by Gasteiger charge is -2.35. The normalized spacial score (nSPS) is 16.6. The first-order valence-corrected chi connectivity index (χ1v) is 17.9. The van der Waals surface area contributed by atoms with Crippen LogP contribution < -0.4 is 11.5 Å². The second-order valence-corrected chi connectivity index (χ2v) is 12.9. The van der Waals surface area contributed by atoms with E-state index in [1.807, 2.05) is 61.5 Å². The molecule has 0 bridgehead atoms. The second kappa shape index (κ2) is 15.7. The Kier molecular flexibility index (Phi) is 10.3. The lowest BCUT2D eigenvalue weighted by atomic mass is 9.66. The van der Waals surface area contributed by atoms with Gasteiger partial charge in [0.15, 0.2) is 11.7 Å². The first-order chi connectivity index (χ1) is 26.1. The highest BCUT2D eigenvalue weighted by molar-refractivity contribution is 5.99. The van der Waals surface area contributed by atoms with Crippen LogP contribution in [0.4, 0.5) is 0 Å². The Morgan fingerprint density at radius 1 is 0.830 bits per heavy atom. The van der Waals surface area contributed by atoms with Crippen LogP contribution in [0.5, 0.6) is 0 Å². The van der Waals surface area contributed by atoms with Crippen LogP contribution in [-0.2, 0) is 11.8 Å². The third-order valence-corrected chi connectivity index (χ3v) is 9.78. The maximum Gasteiger partial charge on any atom is 0.181 e. The van der Waals surface area contributed by atoms with Crippen LogP contribution in [0.2, 0.25) is 0 Å². The molecule has 1 unspecified atom stereocenters.